The highest BCUT2D eigenvalue weighted by Crippen LogP contribution is 2.36. The van der Waals surface area contributed by atoms with Gasteiger partial charge in [0.1, 0.15) is 0 Å². The summed E-state index contributed by atoms with van der Waals surface area (Å²) in [5.41, 5.74) is 2.50. The highest BCUT2D eigenvalue weighted by atomic mass is 32.1. The zero-order valence-electron chi connectivity index (χ0n) is 10.8. The predicted molar refractivity (Wildman–Crippen MR) is 77.1 cm³/mol. The van der Waals surface area contributed by atoms with Gasteiger partial charge in [-0.05, 0) is 32.5 Å². The van der Waals surface area contributed by atoms with Crippen molar-refractivity contribution >= 4 is 23.5 Å². The van der Waals surface area contributed by atoms with Gasteiger partial charge in [-0.25, -0.2) is 0 Å². The molecule has 0 aliphatic heterocycles. The topological polar surface area (TPSA) is 27.8 Å². The highest BCUT2D eigenvalue weighted by Gasteiger charge is 2.28. The monoisotopic (exact) mass is 248 g/mol. The van der Waals surface area contributed by atoms with Gasteiger partial charge in [0.2, 0.25) is 0 Å². The van der Waals surface area contributed by atoms with Crippen LogP contribution in [0.3, 0.4) is 0 Å². The van der Waals surface area contributed by atoms with Crippen molar-refractivity contribution in [3.63, 3.8) is 0 Å². The molecular formula is C14H20N2S. The van der Waals surface area contributed by atoms with E-state index in [1.165, 1.54) is 10.9 Å². The second kappa shape index (κ2) is 4.39. The van der Waals surface area contributed by atoms with Crippen LogP contribution >= 0.6 is 12.6 Å². The first kappa shape index (κ1) is 12.5. The van der Waals surface area contributed by atoms with Crippen LogP contribution in [0.15, 0.2) is 29.3 Å². The highest BCUT2D eigenvalue weighted by molar-refractivity contribution is 7.80. The Morgan fingerprint density at radius 3 is 2.59 bits per heavy atom. The molecule has 3 heteroatoms. The number of aromatic nitrogens is 1. The Bertz CT molecular complexity index is 528. The van der Waals surface area contributed by atoms with Crippen LogP contribution in [0.1, 0.15) is 32.3 Å². The number of hydrogen-bond acceptors (Lipinski definition) is 2. The summed E-state index contributed by atoms with van der Waals surface area (Å²) in [5, 5.41) is 5.62. The van der Waals surface area contributed by atoms with Crippen LogP contribution in [0.2, 0.25) is 0 Å². The van der Waals surface area contributed by atoms with Crippen LogP contribution < -0.4 is 5.32 Å². The Morgan fingerprint density at radius 2 is 1.94 bits per heavy atom. The van der Waals surface area contributed by atoms with E-state index in [0.717, 1.165) is 10.5 Å². The fraction of sp³-hybridized carbons (Fsp3) is 0.429. The maximum atomic E-state index is 4.58. The minimum absolute atomic E-state index is 0.0441. The van der Waals surface area contributed by atoms with E-state index in [4.69, 9.17) is 0 Å². The van der Waals surface area contributed by atoms with Crippen molar-refractivity contribution in [2.24, 2.45) is 0 Å². The van der Waals surface area contributed by atoms with Gasteiger partial charge >= 0.3 is 0 Å². The number of para-hydroxylation sites is 1. The lowest BCUT2D eigenvalue weighted by atomic mass is 9.83. The molecule has 2 nitrogen and oxygen atoms in total. The Hall–Kier alpha value is -0.930. The zero-order valence-corrected chi connectivity index (χ0v) is 11.7. The van der Waals surface area contributed by atoms with Crippen LogP contribution in [-0.2, 0) is 0 Å². The molecule has 2 N–H and O–H groups in total. The lowest BCUT2D eigenvalue weighted by Crippen LogP contribution is -2.41. The van der Waals surface area contributed by atoms with Gasteiger partial charge in [-0.1, -0.05) is 25.1 Å². The molecule has 0 fully saturated rings. The molecule has 0 saturated carbocycles. The van der Waals surface area contributed by atoms with Crippen LogP contribution in [0.4, 0.5) is 0 Å². The summed E-state index contributed by atoms with van der Waals surface area (Å²) in [6.07, 6.45) is 0. The molecule has 1 unspecified atom stereocenters. The fourth-order valence-corrected chi connectivity index (χ4v) is 2.60. The van der Waals surface area contributed by atoms with Crippen molar-refractivity contribution in [3.8, 4) is 0 Å². The van der Waals surface area contributed by atoms with E-state index in [1.54, 1.807) is 0 Å². The largest absolute Gasteiger partial charge is 0.350 e. The van der Waals surface area contributed by atoms with Crippen LogP contribution in [-0.4, -0.2) is 17.6 Å². The van der Waals surface area contributed by atoms with Gasteiger partial charge in [0, 0.05) is 22.4 Å². The molecule has 0 aliphatic carbocycles. The smallest absolute Gasteiger partial charge is 0.0737 e. The van der Waals surface area contributed by atoms with Gasteiger partial charge < -0.3 is 10.3 Å². The summed E-state index contributed by atoms with van der Waals surface area (Å²) >= 11 is 4.58. The van der Waals surface area contributed by atoms with E-state index in [-0.39, 0.29) is 5.54 Å². The Labute approximate surface area is 108 Å². The quantitative estimate of drug-likeness (QED) is 0.712. The molecular weight excluding hydrogens is 228 g/mol. The summed E-state index contributed by atoms with van der Waals surface area (Å²) in [4.78, 5) is 3.34. The summed E-state index contributed by atoms with van der Waals surface area (Å²) < 4.78 is 0. The maximum absolute atomic E-state index is 4.58. The third-order valence-corrected chi connectivity index (χ3v) is 4.24. The van der Waals surface area contributed by atoms with Gasteiger partial charge in [0.15, 0.2) is 0 Å². The lowest BCUT2D eigenvalue weighted by molar-refractivity contribution is 0.358. The number of fused-ring (bicyclic) bond motifs is 1. The fourth-order valence-electron chi connectivity index (χ4n) is 2.17. The lowest BCUT2D eigenvalue weighted by Gasteiger charge is -2.32. The van der Waals surface area contributed by atoms with E-state index in [0.29, 0.717) is 5.92 Å². The Morgan fingerprint density at radius 1 is 1.29 bits per heavy atom. The first-order chi connectivity index (χ1) is 7.97. The number of benzene rings is 1. The SMILES string of the molecule is CNC(C)(C)C(C)c1c(S)[nH]c2ccccc12. The van der Waals surface area contributed by atoms with E-state index in [1.807, 2.05) is 13.1 Å². The number of rotatable bonds is 3. The van der Waals surface area contributed by atoms with Crippen molar-refractivity contribution in [3.05, 3.63) is 29.8 Å². The third kappa shape index (κ3) is 2.09. The molecule has 0 aliphatic rings. The Balaban J connectivity index is 2.59. The number of thiol groups is 1. The van der Waals surface area contributed by atoms with Gasteiger partial charge in [-0.3, -0.25) is 0 Å². The number of nitrogens with one attached hydrogen (secondary N) is 2. The Kier molecular flexibility index (Phi) is 3.23. The average Bonchev–Trinajstić information content (AvgIpc) is 2.64. The molecule has 0 spiro atoms. The summed E-state index contributed by atoms with van der Waals surface area (Å²) in [5.74, 6) is 0.385. The molecule has 1 aromatic heterocycles. The van der Waals surface area contributed by atoms with Crippen molar-refractivity contribution in [1.82, 2.24) is 10.3 Å². The molecule has 0 saturated heterocycles. The molecule has 2 rings (SSSR count). The number of aromatic amines is 1. The first-order valence-corrected chi connectivity index (χ1v) is 6.40. The summed E-state index contributed by atoms with van der Waals surface area (Å²) in [6.45, 7) is 6.67. The molecule has 1 atom stereocenters. The molecule has 0 amide bonds. The minimum atomic E-state index is 0.0441. The minimum Gasteiger partial charge on any atom is -0.350 e. The van der Waals surface area contributed by atoms with E-state index in [9.17, 15) is 0 Å². The van der Waals surface area contributed by atoms with Crippen molar-refractivity contribution in [2.75, 3.05) is 7.05 Å². The maximum Gasteiger partial charge on any atom is 0.0737 e. The van der Waals surface area contributed by atoms with E-state index in [2.05, 4.69) is 61.9 Å². The van der Waals surface area contributed by atoms with Crippen LogP contribution in [0, 0.1) is 0 Å². The van der Waals surface area contributed by atoms with Gasteiger partial charge in [0.25, 0.3) is 0 Å². The number of likely N-dealkylation sites (N-methyl/N-ethyl adjacent to an activating group) is 1. The molecule has 17 heavy (non-hydrogen) atoms. The molecule has 2 aromatic rings. The summed E-state index contributed by atoms with van der Waals surface area (Å²) in [6, 6.07) is 8.37. The number of H-pyrrole nitrogens is 1. The van der Waals surface area contributed by atoms with Gasteiger partial charge in [-0.15, -0.1) is 12.6 Å². The molecule has 0 bridgehead atoms. The molecule has 1 heterocycles. The first-order valence-electron chi connectivity index (χ1n) is 5.96. The van der Waals surface area contributed by atoms with Crippen molar-refractivity contribution in [2.45, 2.75) is 37.3 Å². The summed E-state index contributed by atoms with van der Waals surface area (Å²) in [7, 11) is 2.00. The van der Waals surface area contributed by atoms with E-state index >= 15 is 0 Å². The zero-order chi connectivity index (χ0) is 12.6. The molecule has 0 radical (unpaired) electrons. The second-order valence-electron chi connectivity index (χ2n) is 5.13. The van der Waals surface area contributed by atoms with Gasteiger partial charge in [-0.2, -0.15) is 0 Å². The van der Waals surface area contributed by atoms with Crippen LogP contribution in [0.5, 0.6) is 0 Å². The third-order valence-electron chi connectivity index (χ3n) is 3.89. The average molecular weight is 248 g/mol. The van der Waals surface area contributed by atoms with E-state index < -0.39 is 0 Å². The number of hydrogen-bond donors (Lipinski definition) is 3. The molecule has 92 valence electrons. The predicted octanol–water partition coefficient (Wildman–Crippen LogP) is 3.56. The van der Waals surface area contributed by atoms with Crippen molar-refractivity contribution < 1.29 is 0 Å². The normalized spacial score (nSPS) is 14.2. The molecule has 1 aromatic carbocycles. The standard InChI is InChI=1S/C14H20N2S/c1-9(14(2,3)15-4)12-10-7-5-6-8-11(10)16-13(12)17/h5-9,15-17H,1-4H3. The second-order valence-corrected chi connectivity index (χ2v) is 5.57. The van der Waals surface area contributed by atoms with Crippen molar-refractivity contribution in [1.29, 1.82) is 0 Å². The van der Waals surface area contributed by atoms with Crippen LogP contribution in [0.25, 0.3) is 10.9 Å². The van der Waals surface area contributed by atoms with Gasteiger partial charge in [0.05, 0.1) is 5.03 Å².